The van der Waals surface area contributed by atoms with Gasteiger partial charge in [0.05, 0.1) is 27.9 Å². The molecule has 0 spiro atoms. The van der Waals surface area contributed by atoms with Gasteiger partial charge in [-0.15, -0.1) is 0 Å². The molecule has 1 saturated carbocycles. The van der Waals surface area contributed by atoms with Gasteiger partial charge in [-0.1, -0.05) is 25.4 Å². The minimum Gasteiger partial charge on any atom is -0.369 e. The molecule has 2 atom stereocenters. The van der Waals surface area contributed by atoms with Crippen LogP contribution in [0.15, 0.2) is 30.3 Å². The maximum absolute atomic E-state index is 14.3. The van der Waals surface area contributed by atoms with Crippen LogP contribution in [0.1, 0.15) is 49.3 Å². The number of benzene rings is 1. The van der Waals surface area contributed by atoms with Gasteiger partial charge in [-0.3, -0.25) is 9.59 Å². The van der Waals surface area contributed by atoms with Crippen molar-refractivity contribution in [1.29, 1.82) is 0 Å². The second-order valence-corrected chi connectivity index (χ2v) is 8.50. The maximum Gasteiger partial charge on any atom is 0.267 e. The van der Waals surface area contributed by atoms with Crippen molar-refractivity contribution in [3.63, 3.8) is 0 Å². The van der Waals surface area contributed by atoms with Crippen molar-refractivity contribution in [1.82, 2.24) is 4.98 Å². The number of carbonyl (C=O) groups excluding carboxylic acids is 2. The third-order valence-electron chi connectivity index (χ3n) is 6.51. The summed E-state index contributed by atoms with van der Waals surface area (Å²) >= 11 is 5.88. The molecule has 2 amide bonds. The molecule has 152 valence electrons. The fourth-order valence-corrected chi connectivity index (χ4v) is 4.80. The predicted molar refractivity (Wildman–Crippen MR) is 109 cm³/mol. The molecule has 29 heavy (non-hydrogen) atoms. The smallest absolute Gasteiger partial charge is 0.267 e. The van der Waals surface area contributed by atoms with E-state index in [1.807, 2.05) is 18.7 Å². The third kappa shape index (κ3) is 2.71. The fraction of sp³-hybridized carbons (Fsp3) is 0.381. The lowest BCUT2D eigenvalue weighted by molar-refractivity contribution is -0.124. The summed E-state index contributed by atoms with van der Waals surface area (Å²) in [6.45, 7) is 4.00. The van der Waals surface area contributed by atoms with Crippen molar-refractivity contribution < 1.29 is 14.0 Å². The Morgan fingerprint density at radius 1 is 1.28 bits per heavy atom. The van der Waals surface area contributed by atoms with Crippen molar-refractivity contribution >= 4 is 34.8 Å². The number of nitrogens with zero attached hydrogens (tertiary/aromatic N) is 2. The van der Waals surface area contributed by atoms with E-state index in [4.69, 9.17) is 23.1 Å². The summed E-state index contributed by atoms with van der Waals surface area (Å²) in [5.74, 6) is -1.57. The van der Waals surface area contributed by atoms with Crippen molar-refractivity contribution in [3.8, 4) is 0 Å². The summed E-state index contributed by atoms with van der Waals surface area (Å²) in [7, 11) is 0. The highest BCUT2D eigenvalue weighted by Gasteiger charge is 2.66. The molecule has 2 aromatic rings. The number of nitrogens with two attached hydrogens (primary N) is 2. The topological polar surface area (TPSA) is 102 Å². The van der Waals surface area contributed by atoms with Gasteiger partial charge in [0.1, 0.15) is 11.5 Å². The average Bonchev–Trinajstić information content (AvgIpc) is 3.44. The Hall–Kier alpha value is -2.67. The predicted octanol–water partition coefficient (Wildman–Crippen LogP) is 3.43. The Morgan fingerprint density at radius 3 is 2.48 bits per heavy atom. The Kier molecular flexibility index (Phi) is 4.35. The molecule has 1 fully saturated rings. The molecule has 0 radical (unpaired) electrons. The zero-order valence-corrected chi connectivity index (χ0v) is 17.0. The highest BCUT2D eigenvalue weighted by atomic mass is 35.5. The van der Waals surface area contributed by atoms with Gasteiger partial charge in [-0.25, -0.2) is 9.37 Å². The van der Waals surface area contributed by atoms with Crippen LogP contribution in [0.3, 0.4) is 0 Å². The summed E-state index contributed by atoms with van der Waals surface area (Å²) in [6, 6.07) is 7.47. The molecule has 0 bridgehead atoms. The first-order chi connectivity index (χ1) is 13.7. The largest absolute Gasteiger partial charge is 0.369 e. The Morgan fingerprint density at radius 2 is 1.97 bits per heavy atom. The monoisotopic (exact) mass is 416 g/mol. The normalized spacial score (nSPS) is 24.3. The van der Waals surface area contributed by atoms with Crippen LogP contribution in [-0.2, 0) is 10.2 Å². The first-order valence-corrected chi connectivity index (χ1v) is 9.89. The van der Waals surface area contributed by atoms with Crippen molar-refractivity contribution in [2.45, 2.75) is 44.6 Å². The minimum atomic E-state index is -0.755. The number of fused-ring (bicyclic) bond motifs is 1. The molecule has 1 aromatic carbocycles. The molecule has 4 rings (SSSR count). The van der Waals surface area contributed by atoms with Crippen LogP contribution >= 0.6 is 11.6 Å². The van der Waals surface area contributed by atoms with Gasteiger partial charge in [0.15, 0.2) is 0 Å². The van der Waals surface area contributed by atoms with Gasteiger partial charge in [-0.2, -0.15) is 0 Å². The van der Waals surface area contributed by atoms with Gasteiger partial charge in [0, 0.05) is 11.1 Å². The van der Waals surface area contributed by atoms with Crippen LogP contribution in [0.25, 0.3) is 0 Å². The Balaban J connectivity index is 1.99. The lowest BCUT2D eigenvalue weighted by Gasteiger charge is -2.40. The molecule has 1 aromatic heterocycles. The lowest BCUT2D eigenvalue weighted by Crippen LogP contribution is -2.52. The number of carbonyl (C=O) groups is 2. The van der Waals surface area contributed by atoms with E-state index in [1.165, 1.54) is 12.1 Å². The SMILES string of the molecule is CCC1(C)c2nc(C(N)=O)ccc2N(c2ccc(Cl)c(F)c2)C1C1(C(N)=O)CC1. The van der Waals surface area contributed by atoms with E-state index in [0.717, 1.165) is 0 Å². The van der Waals surface area contributed by atoms with Crippen LogP contribution in [0.5, 0.6) is 0 Å². The number of primary amides is 2. The second-order valence-electron chi connectivity index (χ2n) is 8.09. The summed E-state index contributed by atoms with van der Waals surface area (Å²) in [5.41, 5.74) is 12.0. The zero-order chi connectivity index (χ0) is 21.1. The van der Waals surface area contributed by atoms with Gasteiger partial charge in [0.2, 0.25) is 5.91 Å². The van der Waals surface area contributed by atoms with Gasteiger partial charge in [0.25, 0.3) is 5.91 Å². The Bertz CT molecular complexity index is 1040. The third-order valence-corrected chi connectivity index (χ3v) is 6.81. The number of hydrogen-bond acceptors (Lipinski definition) is 4. The number of anilines is 2. The first-order valence-electron chi connectivity index (χ1n) is 9.51. The molecule has 2 unspecified atom stereocenters. The molecule has 1 aliphatic heterocycles. The van der Waals surface area contributed by atoms with E-state index >= 15 is 0 Å². The highest BCUT2D eigenvalue weighted by Crippen LogP contribution is 2.63. The fourth-order valence-electron chi connectivity index (χ4n) is 4.69. The minimum absolute atomic E-state index is 0.0150. The van der Waals surface area contributed by atoms with Crippen molar-refractivity contribution in [3.05, 3.63) is 52.6 Å². The number of amides is 2. The maximum atomic E-state index is 14.3. The van der Waals surface area contributed by atoms with E-state index in [0.29, 0.717) is 36.3 Å². The molecule has 6 nitrogen and oxygen atoms in total. The number of hydrogen-bond donors (Lipinski definition) is 2. The summed E-state index contributed by atoms with van der Waals surface area (Å²) in [4.78, 5) is 30.7. The van der Waals surface area contributed by atoms with Gasteiger partial charge < -0.3 is 16.4 Å². The van der Waals surface area contributed by atoms with Crippen LogP contribution in [-0.4, -0.2) is 22.8 Å². The lowest BCUT2D eigenvalue weighted by atomic mass is 9.71. The number of pyridine rings is 1. The highest BCUT2D eigenvalue weighted by molar-refractivity contribution is 6.30. The summed E-state index contributed by atoms with van der Waals surface area (Å²) in [5, 5.41) is 0.0150. The van der Waals surface area contributed by atoms with E-state index in [-0.39, 0.29) is 22.7 Å². The van der Waals surface area contributed by atoms with E-state index in [2.05, 4.69) is 4.98 Å². The molecule has 8 heteroatoms. The first kappa shape index (κ1) is 19.6. The zero-order valence-electron chi connectivity index (χ0n) is 16.2. The average molecular weight is 417 g/mol. The van der Waals surface area contributed by atoms with Crippen LogP contribution in [0.4, 0.5) is 15.8 Å². The summed E-state index contributed by atoms with van der Waals surface area (Å²) in [6.07, 6.45) is 1.93. The summed E-state index contributed by atoms with van der Waals surface area (Å²) < 4.78 is 14.3. The standard InChI is InChI=1S/C21H22ClFN4O2/c1-3-20(2)16-15(7-6-14(26-16)17(24)28)27(11-4-5-12(22)13(23)10-11)18(20)21(8-9-21)19(25)29/h4-7,10,18H,3,8-9H2,1-2H3,(H2,24,28)(H2,25,29). The van der Waals surface area contributed by atoms with Crippen LogP contribution < -0.4 is 16.4 Å². The molecule has 1 aliphatic carbocycles. The molecular weight excluding hydrogens is 395 g/mol. The quantitative estimate of drug-likeness (QED) is 0.779. The number of aromatic nitrogens is 1. The number of rotatable bonds is 5. The van der Waals surface area contributed by atoms with Crippen molar-refractivity contribution in [2.24, 2.45) is 16.9 Å². The molecule has 2 aliphatic rings. The number of halogens is 2. The molecular formula is C21H22ClFN4O2. The second kappa shape index (κ2) is 6.42. The van der Waals surface area contributed by atoms with Crippen LogP contribution in [0.2, 0.25) is 5.02 Å². The Labute approximate surface area is 173 Å². The van der Waals surface area contributed by atoms with E-state index in [9.17, 15) is 14.0 Å². The van der Waals surface area contributed by atoms with Gasteiger partial charge in [-0.05, 0) is 49.6 Å². The van der Waals surface area contributed by atoms with E-state index < -0.39 is 22.6 Å². The molecule has 4 N–H and O–H groups in total. The van der Waals surface area contributed by atoms with Crippen LogP contribution in [0, 0.1) is 11.2 Å². The van der Waals surface area contributed by atoms with Crippen molar-refractivity contribution in [2.75, 3.05) is 4.90 Å². The van der Waals surface area contributed by atoms with Gasteiger partial charge >= 0.3 is 0 Å². The molecule has 2 heterocycles. The molecule has 0 saturated heterocycles. The van der Waals surface area contributed by atoms with E-state index in [1.54, 1.807) is 18.2 Å².